The molecule has 126 valence electrons. The monoisotopic (exact) mass is 325 g/mol. The van der Waals surface area contributed by atoms with E-state index in [4.69, 9.17) is 5.10 Å². The first-order valence-corrected chi connectivity index (χ1v) is 8.73. The number of nitrogens with one attached hydrogen (secondary N) is 1. The summed E-state index contributed by atoms with van der Waals surface area (Å²) in [7, 11) is 0. The Morgan fingerprint density at radius 1 is 1.33 bits per heavy atom. The Balaban J connectivity index is 1.41. The summed E-state index contributed by atoms with van der Waals surface area (Å²) in [5.41, 5.74) is 2.96. The van der Waals surface area contributed by atoms with E-state index in [2.05, 4.69) is 25.9 Å². The van der Waals surface area contributed by atoms with Gasteiger partial charge in [-0.15, -0.1) is 0 Å². The van der Waals surface area contributed by atoms with Crippen molar-refractivity contribution in [2.75, 3.05) is 19.6 Å². The van der Waals surface area contributed by atoms with Gasteiger partial charge in [0.25, 0.3) is 0 Å². The van der Waals surface area contributed by atoms with Crippen LogP contribution in [0.1, 0.15) is 34.7 Å². The van der Waals surface area contributed by atoms with Crippen molar-refractivity contribution in [3.63, 3.8) is 0 Å². The number of hydrogen-bond donors (Lipinski definition) is 1. The summed E-state index contributed by atoms with van der Waals surface area (Å²) < 4.78 is 2.10. The maximum atomic E-state index is 12.6. The van der Waals surface area contributed by atoms with Gasteiger partial charge in [-0.2, -0.15) is 5.10 Å². The molecule has 2 aliphatic heterocycles. The normalized spacial score (nSPS) is 21.4. The molecule has 0 spiro atoms. The first kappa shape index (κ1) is 15.5. The van der Waals surface area contributed by atoms with Crippen LogP contribution in [-0.2, 0) is 19.6 Å². The Morgan fingerprint density at radius 2 is 2.29 bits per heavy atom. The second-order valence-electron chi connectivity index (χ2n) is 6.68. The summed E-state index contributed by atoms with van der Waals surface area (Å²) in [6.07, 6.45) is 3.70. The molecule has 1 unspecified atom stereocenters. The average molecular weight is 325 g/mol. The van der Waals surface area contributed by atoms with Crippen LogP contribution in [0.3, 0.4) is 0 Å². The quantitative estimate of drug-likeness (QED) is 0.863. The molecular formula is C18H23N5O. The summed E-state index contributed by atoms with van der Waals surface area (Å²) in [6, 6.07) is 7.73. The number of hydrogen-bond acceptors (Lipinski definition) is 5. The number of carbonyl (C=O) groups excluding carboxylic acids is 1. The molecule has 1 N–H and O–H groups in total. The molecule has 0 saturated carbocycles. The molecule has 0 amide bonds. The molecular weight excluding hydrogens is 302 g/mol. The highest BCUT2D eigenvalue weighted by Gasteiger charge is 2.27. The minimum absolute atomic E-state index is 0.0487. The van der Waals surface area contributed by atoms with Crippen molar-refractivity contribution in [2.24, 2.45) is 5.92 Å². The molecule has 6 nitrogen and oxygen atoms in total. The van der Waals surface area contributed by atoms with Crippen LogP contribution >= 0.6 is 0 Å². The third kappa shape index (κ3) is 3.25. The number of carbonyl (C=O) groups is 1. The fraction of sp³-hybridized carbons (Fsp3) is 0.500. The van der Waals surface area contributed by atoms with Gasteiger partial charge in [0.1, 0.15) is 5.69 Å². The molecule has 2 aromatic heterocycles. The van der Waals surface area contributed by atoms with Gasteiger partial charge in [-0.1, -0.05) is 6.07 Å². The van der Waals surface area contributed by atoms with Crippen LogP contribution in [0.25, 0.3) is 0 Å². The van der Waals surface area contributed by atoms with Gasteiger partial charge in [-0.05, 0) is 37.6 Å². The van der Waals surface area contributed by atoms with E-state index in [1.54, 1.807) is 6.20 Å². The van der Waals surface area contributed by atoms with Gasteiger partial charge in [-0.25, -0.2) is 0 Å². The van der Waals surface area contributed by atoms with Gasteiger partial charge in [-0.3, -0.25) is 19.4 Å². The molecule has 1 saturated heterocycles. The van der Waals surface area contributed by atoms with E-state index >= 15 is 0 Å². The second-order valence-corrected chi connectivity index (χ2v) is 6.68. The van der Waals surface area contributed by atoms with Crippen molar-refractivity contribution in [1.29, 1.82) is 0 Å². The summed E-state index contributed by atoms with van der Waals surface area (Å²) in [5.74, 6) is 0.223. The van der Waals surface area contributed by atoms with E-state index in [0.717, 1.165) is 57.8 Å². The van der Waals surface area contributed by atoms with Crippen LogP contribution in [0.5, 0.6) is 0 Å². The summed E-state index contributed by atoms with van der Waals surface area (Å²) >= 11 is 0. The number of ketones is 1. The SMILES string of the molecule is O=C(c1ccccn1)C1CCCN(Cc2cc3n(n2)CCNC3)C1. The highest BCUT2D eigenvalue weighted by molar-refractivity contribution is 5.96. The second kappa shape index (κ2) is 6.83. The van der Waals surface area contributed by atoms with Crippen LogP contribution in [-0.4, -0.2) is 45.1 Å². The Bertz CT molecular complexity index is 688. The Kier molecular flexibility index (Phi) is 4.40. The molecule has 4 rings (SSSR count). The first-order chi connectivity index (χ1) is 11.8. The largest absolute Gasteiger partial charge is 0.309 e. The lowest BCUT2D eigenvalue weighted by atomic mass is 9.92. The van der Waals surface area contributed by atoms with Crippen LogP contribution in [0.4, 0.5) is 0 Å². The zero-order valence-electron chi connectivity index (χ0n) is 13.8. The molecule has 0 bridgehead atoms. The number of piperidine rings is 1. The van der Waals surface area contributed by atoms with Gasteiger partial charge in [0, 0.05) is 38.3 Å². The van der Waals surface area contributed by atoms with Gasteiger partial charge in [0.15, 0.2) is 5.78 Å². The smallest absolute Gasteiger partial charge is 0.185 e. The lowest BCUT2D eigenvalue weighted by Gasteiger charge is -2.31. The van der Waals surface area contributed by atoms with Crippen molar-refractivity contribution >= 4 is 5.78 Å². The van der Waals surface area contributed by atoms with E-state index in [0.29, 0.717) is 5.69 Å². The molecule has 1 atom stereocenters. The van der Waals surface area contributed by atoms with Crippen LogP contribution in [0, 0.1) is 5.92 Å². The van der Waals surface area contributed by atoms with E-state index < -0.39 is 0 Å². The number of likely N-dealkylation sites (tertiary alicyclic amines) is 1. The highest BCUT2D eigenvalue weighted by Crippen LogP contribution is 2.22. The zero-order valence-corrected chi connectivity index (χ0v) is 13.8. The van der Waals surface area contributed by atoms with E-state index in [9.17, 15) is 4.79 Å². The maximum absolute atomic E-state index is 12.6. The van der Waals surface area contributed by atoms with E-state index in [-0.39, 0.29) is 11.7 Å². The Morgan fingerprint density at radius 3 is 3.12 bits per heavy atom. The average Bonchev–Trinajstić information content (AvgIpc) is 3.04. The Hall–Kier alpha value is -2.05. The van der Waals surface area contributed by atoms with Crippen molar-refractivity contribution in [2.45, 2.75) is 32.5 Å². The van der Waals surface area contributed by atoms with Crippen LogP contribution < -0.4 is 5.32 Å². The van der Waals surface area contributed by atoms with Crippen molar-refractivity contribution in [3.05, 3.63) is 47.5 Å². The third-order valence-electron chi connectivity index (χ3n) is 4.90. The maximum Gasteiger partial charge on any atom is 0.185 e. The third-order valence-corrected chi connectivity index (χ3v) is 4.90. The molecule has 1 fully saturated rings. The fourth-order valence-electron chi connectivity index (χ4n) is 3.69. The summed E-state index contributed by atoms with van der Waals surface area (Å²) in [4.78, 5) is 19.2. The van der Waals surface area contributed by atoms with Gasteiger partial charge < -0.3 is 5.32 Å². The molecule has 4 heterocycles. The molecule has 24 heavy (non-hydrogen) atoms. The molecule has 6 heteroatoms. The van der Waals surface area contributed by atoms with Crippen molar-refractivity contribution in [1.82, 2.24) is 25.0 Å². The van der Waals surface area contributed by atoms with Gasteiger partial charge in [0.05, 0.1) is 17.9 Å². The number of rotatable bonds is 4. The minimum atomic E-state index is 0.0487. The lowest BCUT2D eigenvalue weighted by Crippen LogP contribution is -2.38. The molecule has 0 aromatic carbocycles. The lowest BCUT2D eigenvalue weighted by molar-refractivity contribution is 0.0804. The van der Waals surface area contributed by atoms with Gasteiger partial charge in [0.2, 0.25) is 0 Å². The van der Waals surface area contributed by atoms with E-state index in [1.165, 1.54) is 5.69 Å². The Labute approximate surface area is 141 Å². The topological polar surface area (TPSA) is 63.1 Å². The number of pyridine rings is 1. The fourth-order valence-corrected chi connectivity index (χ4v) is 3.69. The number of Topliss-reactive ketones (excluding diaryl/α,β-unsaturated/α-hetero) is 1. The summed E-state index contributed by atoms with van der Waals surface area (Å²) in [5, 5.41) is 8.08. The van der Waals surface area contributed by atoms with Gasteiger partial charge >= 0.3 is 0 Å². The molecule has 2 aromatic rings. The summed E-state index contributed by atoms with van der Waals surface area (Å²) in [6.45, 7) is 5.48. The van der Waals surface area contributed by atoms with Crippen molar-refractivity contribution in [3.8, 4) is 0 Å². The molecule has 0 radical (unpaired) electrons. The minimum Gasteiger partial charge on any atom is -0.309 e. The molecule has 0 aliphatic carbocycles. The highest BCUT2D eigenvalue weighted by atomic mass is 16.1. The number of aromatic nitrogens is 3. The standard InChI is InChI=1S/C18H23N5O/c24-18(17-5-1-2-6-20-17)14-4-3-8-22(12-14)13-15-10-16-11-19-7-9-23(16)21-15/h1-2,5-6,10,14,19H,3-4,7-9,11-13H2. The number of nitrogens with zero attached hydrogens (tertiary/aromatic N) is 4. The van der Waals surface area contributed by atoms with E-state index in [1.807, 2.05) is 18.2 Å². The van der Waals surface area contributed by atoms with Crippen LogP contribution in [0.2, 0.25) is 0 Å². The van der Waals surface area contributed by atoms with Crippen LogP contribution in [0.15, 0.2) is 30.5 Å². The predicted octanol–water partition coefficient (Wildman–Crippen LogP) is 1.48. The van der Waals surface area contributed by atoms with Crippen molar-refractivity contribution < 1.29 is 4.79 Å². The molecule has 2 aliphatic rings. The zero-order chi connectivity index (χ0) is 16.4. The first-order valence-electron chi connectivity index (χ1n) is 8.73. The predicted molar refractivity (Wildman–Crippen MR) is 90.5 cm³/mol. The number of fused-ring (bicyclic) bond motifs is 1.